The molecule has 0 unspecified atom stereocenters. The summed E-state index contributed by atoms with van der Waals surface area (Å²) in [5.74, 6) is -2.70. The molecular formula is C15H15ClF6N2O2. The van der Waals surface area contributed by atoms with E-state index in [0.717, 1.165) is 0 Å². The van der Waals surface area contributed by atoms with Crippen LogP contribution in [0.25, 0.3) is 0 Å². The van der Waals surface area contributed by atoms with Gasteiger partial charge in [0.05, 0.1) is 11.5 Å². The van der Waals surface area contributed by atoms with Gasteiger partial charge in [-0.2, -0.15) is 26.3 Å². The van der Waals surface area contributed by atoms with Crippen LogP contribution < -0.4 is 10.9 Å². The Morgan fingerprint density at radius 3 is 2.38 bits per heavy atom. The average Bonchev–Trinajstić information content (AvgIpc) is 2.50. The highest BCUT2D eigenvalue weighted by Crippen LogP contribution is 2.37. The molecule has 1 amide bonds. The number of aromatic nitrogens is 1. The molecule has 26 heavy (non-hydrogen) atoms. The smallest absolute Gasteiger partial charge is 0.351 e. The number of carbonyl (C=O) groups excluding carboxylic acids is 1. The molecule has 1 heterocycles. The summed E-state index contributed by atoms with van der Waals surface area (Å²) in [7, 11) is 0. The first-order valence-electron chi connectivity index (χ1n) is 7.73. The SMILES string of the molecule is O=C(Cn1cc(C(F)(F)F)cc(Cl)c1=O)N[C@@H]1CCCC[C@@H]1C(F)(F)F. The van der Waals surface area contributed by atoms with E-state index in [2.05, 4.69) is 5.32 Å². The Balaban J connectivity index is 2.17. The van der Waals surface area contributed by atoms with Gasteiger partial charge in [-0.15, -0.1) is 0 Å². The summed E-state index contributed by atoms with van der Waals surface area (Å²) in [6.45, 7) is -0.858. The van der Waals surface area contributed by atoms with Crippen LogP contribution in [0.1, 0.15) is 31.2 Å². The second-order valence-electron chi connectivity index (χ2n) is 6.11. The molecule has 4 nitrogen and oxygen atoms in total. The Hall–Kier alpha value is -1.71. The summed E-state index contributed by atoms with van der Waals surface area (Å²) >= 11 is 5.47. The number of pyridine rings is 1. The second kappa shape index (κ2) is 7.50. The van der Waals surface area contributed by atoms with E-state index in [0.29, 0.717) is 29.7 Å². The van der Waals surface area contributed by atoms with Gasteiger partial charge in [0.15, 0.2) is 0 Å². The highest BCUT2D eigenvalue weighted by atomic mass is 35.5. The topological polar surface area (TPSA) is 51.1 Å². The van der Waals surface area contributed by atoms with Crippen LogP contribution in [-0.4, -0.2) is 22.7 Å². The zero-order valence-electron chi connectivity index (χ0n) is 13.3. The monoisotopic (exact) mass is 404 g/mol. The highest BCUT2D eigenvalue weighted by molar-refractivity contribution is 6.30. The molecule has 2 rings (SSSR count). The maximum absolute atomic E-state index is 13.0. The van der Waals surface area contributed by atoms with Gasteiger partial charge in [-0.05, 0) is 18.9 Å². The molecule has 0 spiro atoms. The maximum Gasteiger partial charge on any atom is 0.417 e. The van der Waals surface area contributed by atoms with Crippen LogP contribution >= 0.6 is 11.6 Å². The van der Waals surface area contributed by atoms with Crippen LogP contribution in [0, 0.1) is 5.92 Å². The zero-order valence-corrected chi connectivity index (χ0v) is 14.0. The average molecular weight is 405 g/mol. The van der Waals surface area contributed by atoms with Crippen molar-refractivity contribution in [3.05, 3.63) is 33.2 Å². The van der Waals surface area contributed by atoms with Crippen molar-refractivity contribution in [2.24, 2.45) is 5.92 Å². The molecule has 0 saturated heterocycles. The van der Waals surface area contributed by atoms with Crippen molar-refractivity contribution in [1.82, 2.24) is 9.88 Å². The summed E-state index contributed by atoms with van der Waals surface area (Å²) in [5, 5.41) is 1.45. The van der Waals surface area contributed by atoms with Crippen molar-refractivity contribution in [2.75, 3.05) is 0 Å². The summed E-state index contributed by atoms with van der Waals surface area (Å²) in [6, 6.07) is -0.743. The Morgan fingerprint density at radius 2 is 1.81 bits per heavy atom. The third-order valence-corrected chi connectivity index (χ3v) is 4.49. The Morgan fingerprint density at radius 1 is 1.19 bits per heavy atom. The van der Waals surface area contributed by atoms with Crippen LogP contribution in [-0.2, 0) is 17.5 Å². The largest absolute Gasteiger partial charge is 0.417 e. The van der Waals surface area contributed by atoms with Gasteiger partial charge in [-0.1, -0.05) is 24.4 Å². The van der Waals surface area contributed by atoms with Crippen LogP contribution in [0.3, 0.4) is 0 Å². The van der Waals surface area contributed by atoms with Gasteiger partial charge < -0.3 is 9.88 Å². The molecule has 0 aliphatic heterocycles. The van der Waals surface area contributed by atoms with Crippen molar-refractivity contribution >= 4 is 17.5 Å². The lowest BCUT2D eigenvalue weighted by molar-refractivity contribution is -0.189. The van der Waals surface area contributed by atoms with E-state index in [4.69, 9.17) is 11.6 Å². The second-order valence-corrected chi connectivity index (χ2v) is 6.52. The fourth-order valence-electron chi connectivity index (χ4n) is 2.97. The molecule has 146 valence electrons. The lowest BCUT2D eigenvalue weighted by Gasteiger charge is -2.33. The van der Waals surface area contributed by atoms with Gasteiger partial charge in [0.2, 0.25) is 5.91 Å². The first-order valence-corrected chi connectivity index (χ1v) is 8.10. The van der Waals surface area contributed by atoms with E-state index < -0.39 is 52.9 Å². The van der Waals surface area contributed by atoms with Crippen molar-refractivity contribution < 1.29 is 31.1 Å². The third kappa shape index (κ3) is 4.93. The van der Waals surface area contributed by atoms with Gasteiger partial charge in [0.25, 0.3) is 5.56 Å². The molecule has 11 heteroatoms. The molecule has 1 aromatic heterocycles. The molecule has 1 aliphatic rings. The van der Waals surface area contributed by atoms with Gasteiger partial charge in [-0.3, -0.25) is 9.59 Å². The molecule has 2 atom stereocenters. The number of carbonyl (C=O) groups is 1. The van der Waals surface area contributed by atoms with E-state index in [1.54, 1.807) is 0 Å². The number of halogens is 7. The summed E-state index contributed by atoms with van der Waals surface area (Å²) < 4.78 is 77.8. The van der Waals surface area contributed by atoms with Gasteiger partial charge >= 0.3 is 12.4 Å². The van der Waals surface area contributed by atoms with Crippen molar-refractivity contribution in [3.8, 4) is 0 Å². The quantitative estimate of drug-likeness (QED) is 0.780. The number of hydrogen-bond acceptors (Lipinski definition) is 2. The summed E-state index contributed by atoms with van der Waals surface area (Å²) in [5.41, 5.74) is -2.27. The third-order valence-electron chi connectivity index (χ3n) is 4.22. The van der Waals surface area contributed by atoms with E-state index in [1.165, 1.54) is 0 Å². The normalized spacial score (nSPS) is 21.5. The maximum atomic E-state index is 13.0. The lowest BCUT2D eigenvalue weighted by Crippen LogP contribution is -2.49. The van der Waals surface area contributed by atoms with Crippen LogP contribution in [0.5, 0.6) is 0 Å². The Bertz CT molecular complexity index is 728. The highest BCUT2D eigenvalue weighted by Gasteiger charge is 2.46. The first-order chi connectivity index (χ1) is 11.9. The number of amides is 1. The predicted molar refractivity (Wildman–Crippen MR) is 80.7 cm³/mol. The number of nitrogens with zero attached hydrogens (tertiary/aromatic N) is 1. The van der Waals surface area contributed by atoms with E-state index in [-0.39, 0.29) is 12.8 Å². The fourth-order valence-corrected chi connectivity index (χ4v) is 3.20. The minimum Gasteiger partial charge on any atom is -0.351 e. The molecule has 1 saturated carbocycles. The van der Waals surface area contributed by atoms with Crippen LogP contribution in [0.4, 0.5) is 26.3 Å². The molecule has 1 N–H and O–H groups in total. The molecule has 0 radical (unpaired) electrons. The first kappa shape index (κ1) is 20.6. The number of alkyl halides is 6. The van der Waals surface area contributed by atoms with Crippen LogP contribution in [0.2, 0.25) is 5.02 Å². The van der Waals surface area contributed by atoms with Crippen molar-refractivity contribution in [3.63, 3.8) is 0 Å². The fraction of sp³-hybridized carbons (Fsp3) is 0.600. The summed E-state index contributed by atoms with van der Waals surface area (Å²) in [4.78, 5) is 23.8. The Labute approximate surface area is 149 Å². The number of rotatable bonds is 3. The van der Waals surface area contributed by atoms with Crippen molar-refractivity contribution in [2.45, 2.75) is 50.6 Å². The molecule has 1 fully saturated rings. The van der Waals surface area contributed by atoms with E-state index >= 15 is 0 Å². The van der Waals surface area contributed by atoms with Gasteiger partial charge in [-0.25, -0.2) is 0 Å². The predicted octanol–water partition coefficient (Wildman–Crippen LogP) is 3.76. The molecular weight excluding hydrogens is 390 g/mol. The van der Waals surface area contributed by atoms with Crippen molar-refractivity contribution in [1.29, 1.82) is 0 Å². The lowest BCUT2D eigenvalue weighted by atomic mass is 9.84. The molecule has 0 bridgehead atoms. The van der Waals surface area contributed by atoms with Gasteiger partial charge in [0.1, 0.15) is 11.6 Å². The van der Waals surface area contributed by atoms with Crippen LogP contribution in [0.15, 0.2) is 17.1 Å². The molecule has 1 aliphatic carbocycles. The minimum absolute atomic E-state index is 0.105. The number of nitrogens with one attached hydrogen (secondary N) is 1. The number of hydrogen-bond donors (Lipinski definition) is 1. The standard InChI is InChI=1S/C15H15ClF6N2O2/c16-10-5-8(14(17,18)19)6-24(13(10)26)7-12(25)23-11-4-2-1-3-9(11)15(20,21)22/h5-6,9,11H,1-4,7H2,(H,23,25)/t9-,11+/m0/s1. The zero-order chi connectivity index (χ0) is 19.7. The van der Waals surface area contributed by atoms with Gasteiger partial charge in [0, 0.05) is 12.2 Å². The summed E-state index contributed by atoms with van der Waals surface area (Å²) in [6.07, 6.45) is -8.03. The van der Waals surface area contributed by atoms with E-state index in [1.807, 2.05) is 0 Å². The molecule has 0 aromatic carbocycles. The van der Waals surface area contributed by atoms with E-state index in [9.17, 15) is 35.9 Å². The Kier molecular flexibility index (Phi) is 5.94. The molecule has 1 aromatic rings. The minimum atomic E-state index is -4.79.